The van der Waals surface area contributed by atoms with Gasteiger partial charge in [-0.15, -0.1) is 11.3 Å². The summed E-state index contributed by atoms with van der Waals surface area (Å²) in [5.74, 6) is -0.410. The minimum atomic E-state index is -0.462. The first-order valence-corrected chi connectivity index (χ1v) is 8.42. The molecule has 6 heteroatoms. The third-order valence-electron chi connectivity index (χ3n) is 3.81. The summed E-state index contributed by atoms with van der Waals surface area (Å²) < 4.78 is 13.1. The molecule has 1 aromatic heterocycles. The number of likely N-dealkylation sites (tertiary alicyclic amines) is 1. The lowest BCUT2D eigenvalue weighted by molar-refractivity contribution is -0.130. The number of nitrogens with one attached hydrogen (secondary N) is 1. The first kappa shape index (κ1) is 15.3. The summed E-state index contributed by atoms with van der Waals surface area (Å²) in [6.45, 7) is 0.969. The summed E-state index contributed by atoms with van der Waals surface area (Å²) in [6.07, 6.45) is 2.03. The molecule has 1 N–H and O–H groups in total. The van der Waals surface area contributed by atoms with E-state index in [-0.39, 0.29) is 23.5 Å². The van der Waals surface area contributed by atoms with E-state index < -0.39 is 5.82 Å². The molecule has 3 rings (SSSR count). The van der Waals surface area contributed by atoms with Gasteiger partial charge < -0.3 is 10.2 Å². The molecule has 0 aliphatic carbocycles. The highest BCUT2D eigenvalue weighted by atomic mass is 35.5. The molecule has 1 aromatic carbocycles. The molecule has 0 radical (unpaired) electrons. The van der Waals surface area contributed by atoms with Crippen molar-refractivity contribution in [2.24, 2.45) is 0 Å². The molecule has 2 aromatic rings. The number of rotatable bonds is 4. The quantitative estimate of drug-likeness (QED) is 0.900. The summed E-state index contributed by atoms with van der Waals surface area (Å²) in [5, 5.41) is 5.10. The highest BCUT2D eigenvalue weighted by molar-refractivity contribution is 7.10. The van der Waals surface area contributed by atoms with E-state index in [9.17, 15) is 9.18 Å². The summed E-state index contributed by atoms with van der Waals surface area (Å²) in [6, 6.07) is 8.64. The van der Waals surface area contributed by atoms with Crippen LogP contribution in [0.1, 0.15) is 23.8 Å². The molecule has 3 nitrogen and oxygen atoms in total. The second-order valence-electron chi connectivity index (χ2n) is 5.24. The number of hydrogen-bond acceptors (Lipinski definition) is 3. The molecule has 1 atom stereocenters. The van der Waals surface area contributed by atoms with E-state index in [4.69, 9.17) is 11.6 Å². The van der Waals surface area contributed by atoms with Crippen molar-refractivity contribution in [2.45, 2.75) is 18.9 Å². The second-order valence-corrected chi connectivity index (χ2v) is 6.63. The average Bonchev–Trinajstić information content (AvgIpc) is 3.18. The zero-order chi connectivity index (χ0) is 15.5. The van der Waals surface area contributed by atoms with E-state index in [0.717, 1.165) is 19.4 Å². The average molecular weight is 339 g/mol. The van der Waals surface area contributed by atoms with Crippen molar-refractivity contribution in [3.05, 3.63) is 51.4 Å². The van der Waals surface area contributed by atoms with Crippen molar-refractivity contribution >= 4 is 34.5 Å². The lowest BCUT2D eigenvalue weighted by Gasteiger charge is -2.24. The Bertz CT molecular complexity index is 662. The zero-order valence-corrected chi connectivity index (χ0v) is 13.5. The second kappa shape index (κ2) is 6.67. The number of thiophene rings is 1. The zero-order valence-electron chi connectivity index (χ0n) is 11.9. The molecular formula is C16H16ClFN2OS. The van der Waals surface area contributed by atoms with Crippen molar-refractivity contribution in [1.29, 1.82) is 0 Å². The van der Waals surface area contributed by atoms with Gasteiger partial charge in [-0.1, -0.05) is 17.7 Å². The molecule has 22 heavy (non-hydrogen) atoms. The van der Waals surface area contributed by atoms with Gasteiger partial charge in [-0.25, -0.2) is 4.39 Å². The Kier molecular flexibility index (Phi) is 4.64. The number of benzene rings is 1. The van der Waals surface area contributed by atoms with Crippen molar-refractivity contribution in [3.63, 3.8) is 0 Å². The summed E-state index contributed by atoms with van der Waals surface area (Å²) >= 11 is 7.42. The smallest absolute Gasteiger partial charge is 0.242 e. The van der Waals surface area contributed by atoms with Gasteiger partial charge in [0.05, 0.1) is 17.6 Å². The Balaban J connectivity index is 1.62. The Hall–Kier alpha value is -1.59. The maximum Gasteiger partial charge on any atom is 0.242 e. The molecule has 0 unspecified atom stereocenters. The predicted molar refractivity (Wildman–Crippen MR) is 87.9 cm³/mol. The number of carbonyl (C=O) groups is 1. The summed E-state index contributed by atoms with van der Waals surface area (Å²) in [5.41, 5.74) is 0.645. The Morgan fingerprint density at radius 2 is 2.32 bits per heavy atom. The molecule has 1 fully saturated rings. The molecule has 0 spiro atoms. The van der Waals surface area contributed by atoms with Crippen LogP contribution < -0.4 is 5.32 Å². The SMILES string of the molecule is O=C(CNc1ccc(F)c(Cl)c1)N1CCC[C@@H]1c1cccs1. The van der Waals surface area contributed by atoms with E-state index in [0.29, 0.717) is 5.69 Å². The molecule has 2 heterocycles. The van der Waals surface area contributed by atoms with Gasteiger partial charge in [0.15, 0.2) is 0 Å². The van der Waals surface area contributed by atoms with Crippen LogP contribution in [-0.2, 0) is 4.79 Å². The van der Waals surface area contributed by atoms with E-state index >= 15 is 0 Å². The van der Waals surface area contributed by atoms with E-state index in [1.165, 1.54) is 17.0 Å². The van der Waals surface area contributed by atoms with Crippen molar-refractivity contribution in [2.75, 3.05) is 18.4 Å². The van der Waals surface area contributed by atoms with Gasteiger partial charge in [-0.3, -0.25) is 4.79 Å². The first-order valence-electron chi connectivity index (χ1n) is 7.17. The Morgan fingerprint density at radius 3 is 3.05 bits per heavy atom. The Labute approximate surface area is 137 Å². The standard InChI is InChI=1S/C16H16ClFN2OS/c17-12-9-11(5-6-13(12)18)19-10-16(21)20-7-1-3-14(20)15-4-2-8-22-15/h2,4-6,8-9,14,19H,1,3,7,10H2/t14-/m1/s1. The molecule has 1 aliphatic heterocycles. The molecule has 0 bridgehead atoms. The normalized spacial score (nSPS) is 17.7. The van der Waals surface area contributed by atoms with Crippen molar-refractivity contribution in [3.8, 4) is 0 Å². The minimum Gasteiger partial charge on any atom is -0.376 e. The van der Waals surface area contributed by atoms with E-state index in [1.807, 2.05) is 16.3 Å². The number of amides is 1. The Morgan fingerprint density at radius 1 is 1.45 bits per heavy atom. The number of halogens is 2. The number of anilines is 1. The van der Waals surface area contributed by atoms with Crippen LogP contribution in [0, 0.1) is 5.82 Å². The third-order valence-corrected chi connectivity index (χ3v) is 5.07. The number of hydrogen-bond donors (Lipinski definition) is 1. The van der Waals surface area contributed by atoms with Gasteiger partial charge in [0.25, 0.3) is 0 Å². The largest absolute Gasteiger partial charge is 0.376 e. The van der Waals surface area contributed by atoms with Crippen LogP contribution in [0.4, 0.5) is 10.1 Å². The van der Waals surface area contributed by atoms with Gasteiger partial charge in [-0.05, 0) is 42.5 Å². The van der Waals surface area contributed by atoms with Crippen LogP contribution in [-0.4, -0.2) is 23.9 Å². The van der Waals surface area contributed by atoms with Crippen LogP contribution in [0.25, 0.3) is 0 Å². The first-order chi connectivity index (χ1) is 10.6. The maximum absolute atomic E-state index is 13.1. The molecule has 1 aliphatic rings. The fourth-order valence-electron chi connectivity index (χ4n) is 2.73. The van der Waals surface area contributed by atoms with Crippen LogP contribution in [0.5, 0.6) is 0 Å². The molecule has 0 saturated carbocycles. The number of carbonyl (C=O) groups excluding carboxylic acids is 1. The monoisotopic (exact) mass is 338 g/mol. The maximum atomic E-state index is 13.1. The van der Waals surface area contributed by atoms with Crippen LogP contribution in [0.15, 0.2) is 35.7 Å². The minimum absolute atomic E-state index is 0.0510. The van der Waals surface area contributed by atoms with Gasteiger partial charge in [0.1, 0.15) is 5.82 Å². The fraction of sp³-hybridized carbons (Fsp3) is 0.312. The van der Waals surface area contributed by atoms with E-state index in [1.54, 1.807) is 17.4 Å². The van der Waals surface area contributed by atoms with Crippen LogP contribution >= 0.6 is 22.9 Å². The fourth-order valence-corrected chi connectivity index (χ4v) is 3.78. The van der Waals surface area contributed by atoms with Crippen molar-refractivity contribution < 1.29 is 9.18 Å². The molecule has 1 saturated heterocycles. The topological polar surface area (TPSA) is 32.3 Å². The van der Waals surface area contributed by atoms with Gasteiger partial charge in [0, 0.05) is 17.1 Å². The van der Waals surface area contributed by atoms with Gasteiger partial charge in [0.2, 0.25) is 5.91 Å². The summed E-state index contributed by atoms with van der Waals surface area (Å²) in [7, 11) is 0. The van der Waals surface area contributed by atoms with E-state index in [2.05, 4.69) is 11.4 Å². The van der Waals surface area contributed by atoms with Crippen molar-refractivity contribution in [1.82, 2.24) is 4.90 Å². The molecule has 1 amide bonds. The number of nitrogens with zero attached hydrogens (tertiary/aromatic N) is 1. The van der Waals surface area contributed by atoms with Crippen LogP contribution in [0.3, 0.4) is 0 Å². The van der Waals surface area contributed by atoms with Crippen LogP contribution in [0.2, 0.25) is 5.02 Å². The lowest BCUT2D eigenvalue weighted by atomic mass is 10.2. The summed E-state index contributed by atoms with van der Waals surface area (Å²) in [4.78, 5) is 15.6. The predicted octanol–water partition coefficient (Wildman–Crippen LogP) is 4.32. The lowest BCUT2D eigenvalue weighted by Crippen LogP contribution is -2.34. The van der Waals surface area contributed by atoms with Gasteiger partial charge in [-0.2, -0.15) is 0 Å². The molecule has 116 valence electrons. The third kappa shape index (κ3) is 3.25. The highest BCUT2D eigenvalue weighted by Crippen LogP contribution is 2.34. The highest BCUT2D eigenvalue weighted by Gasteiger charge is 2.30. The molecular weight excluding hydrogens is 323 g/mol. The van der Waals surface area contributed by atoms with Gasteiger partial charge >= 0.3 is 0 Å².